The van der Waals surface area contributed by atoms with Crippen LogP contribution in [0.1, 0.15) is 0 Å². The summed E-state index contributed by atoms with van der Waals surface area (Å²) in [6.45, 7) is 0. The van der Waals surface area contributed by atoms with E-state index in [1.165, 1.54) is 0 Å². The minimum Gasteiger partial charge on any atom is -0.493 e. The Morgan fingerprint density at radius 3 is 2.13 bits per heavy atom. The normalized spacial score (nSPS) is 10.6. The lowest BCUT2D eigenvalue weighted by molar-refractivity contribution is 0.356. The molecular formula is C18H19N3O2. The summed E-state index contributed by atoms with van der Waals surface area (Å²) in [6.07, 6.45) is 0. The molecule has 5 heteroatoms. The standard InChI is InChI=1S/C18H19N3O2/c1-21(2)18-13-10-15(22-3)16(23-4)11-14(13)19-17(20-18)12-8-6-5-7-9-12/h5-11H,1-4H3. The Balaban J connectivity index is 2.30. The highest BCUT2D eigenvalue weighted by molar-refractivity contribution is 5.93. The fourth-order valence-electron chi connectivity index (χ4n) is 2.50. The van der Waals surface area contributed by atoms with Gasteiger partial charge in [-0.05, 0) is 6.07 Å². The molecule has 0 fully saturated rings. The lowest BCUT2D eigenvalue weighted by Gasteiger charge is -2.17. The number of ether oxygens (including phenoxy) is 2. The monoisotopic (exact) mass is 309 g/mol. The van der Waals surface area contributed by atoms with Gasteiger partial charge in [-0.2, -0.15) is 0 Å². The quantitative estimate of drug-likeness (QED) is 0.739. The number of hydrogen-bond acceptors (Lipinski definition) is 5. The molecule has 2 aromatic carbocycles. The lowest BCUT2D eigenvalue weighted by atomic mass is 10.1. The van der Waals surface area contributed by atoms with Crippen LogP contribution in [0.15, 0.2) is 42.5 Å². The smallest absolute Gasteiger partial charge is 0.162 e. The van der Waals surface area contributed by atoms with E-state index in [9.17, 15) is 0 Å². The second-order valence-electron chi connectivity index (χ2n) is 5.36. The fraction of sp³-hybridized carbons (Fsp3) is 0.222. The maximum absolute atomic E-state index is 5.39. The zero-order chi connectivity index (χ0) is 16.4. The molecule has 1 aromatic heterocycles. The SMILES string of the molecule is COc1cc2nc(-c3ccccc3)nc(N(C)C)c2cc1OC. The van der Waals surface area contributed by atoms with Gasteiger partial charge in [0.15, 0.2) is 17.3 Å². The van der Waals surface area contributed by atoms with E-state index in [-0.39, 0.29) is 0 Å². The first-order chi connectivity index (χ1) is 11.1. The van der Waals surface area contributed by atoms with Gasteiger partial charge in [0.2, 0.25) is 0 Å². The number of anilines is 1. The van der Waals surface area contributed by atoms with E-state index in [2.05, 4.69) is 0 Å². The van der Waals surface area contributed by atoms with Gasteiger partial charge in [-0.1, -0.05) is 30.3 Å². The van der Waals surface area contributed by atoms with Crippen molar-refractivity contribution in [3.8, 4) is 22.9 Å². The summed E-state index contributed by atoms with van der Waals surface area (Å²) in [7, 11) is 7.18. The Morgan fingerprint density at radius 1 is 0.870 bits per heavy atom. The molecule has 118 valence electrons. The van der Waals surface area contributed by atoms with Crippen LogP contribution in [0.25, 0.3) is 22.3 Å². The van der Waals surface area contributed by atoms with Gasteiger partial charge >= 0.3 is 0 Å². The van der Waals surface area contributed by atoms with Gasteiger partial charge < -0.3 is 14.4 Å². The number of aromatic nitrogens is 2. The summed E-state index contributed by atoms with van der Waals surface area (Å²) in [5, 5.41) is 0.923. The third-order valence-corrected chi connectivity index (χ3v) is 3.64. The first-order valence-corrected chi connectivity index (χ1v) is 7.30. The molecule has 0 aliphatic heterocycles. The molecular weight excluding hydrogens is 290 g/mol. The molecule has 0 unspecified atom stereocenters. The van der Waals surface area contributed by atoms with E-state index in [0.29, 0.717) is 17.3 Å². The Kier molecular flexibility index (Phi) is 4.02. The largest absolute Gasteiger partial charge is 0.493 e. The van der Waals surface area contributed by atoms with E-state index >= 15 is 0 Å². The summed E-state index contributed by atoms with van der Waals surface area (Å²) < 4.78 is 10.8. The van der Waals surface area contributed by atoms with Crippen LogP contribution in [0, 0.1) is 0 Å². The van der Waals surface area contributed by atoms with Crippen LogP contribution in [-0.4, -0.2) is 38.3 Å². The predicted octanol–water partition coefficient (Wildman–Crippen LogP) is 3.38. The molecule has 0 saturated heterocycles. The Labute approximate surface area is 135 Å². The van der Waals surface area contributed by atoms with E-state index < -0.39 is 0 Å². The minimum absolute atomic E-state index is 0.655. The highest BCUT2D eigenvalue weighted by atomic mass is 16.5. The van der Waals surface area contributed by atoms with Crippen LogP contribution in [0.2, 0.25) is 0 Å². The van der Waals surface area contributed by atoms with Crippen LogP contribution in [-0.2, 0) is 0 Å². The minimum atomic E-state index is 0.655. The molecule has 0 radical (unpaired) electrons. The highest BCUT2D eigenvalue weighted by Crippen LogP contribution is 2.35. The van der Waals surface area contributed by atoms with Crippen LogP contribution >= 0.6 is 0 Å². The van der Waals surface area contributed by atoms with Crippen molar-refractivity contribution in [1.29, 1.82) is 0 Å². The maximum atomic E-state index is 5.39. The number of nitrogens with zero attached hydrogens (tertiary/aromatic N) is 3. The molecule has 0 atom stereocenters. The highest BCUT2D eigenvalue weighted by Gasteiger charge is 2.15. The molecule has 0 aliphatic carbocycles. The molecule has 0 bridgehead atoms. The molecule has 0 saturated carbocycles. The Morgan fingerprint density at radius 2 is 1.52 bits per heavy atom. The maximum Gasteiger partial charge on any atom is 0.162 e. The summed E-state index contributed by atoms with van der Waals surface area (Å²) in [4.78, 5) is 11.4. The van der Waals surface area contributed by atoms with Crippen LogP contribution in [0.4, 0.5) is 5.82 Å². The lowest BCUT2D eigenvalue weighted by Crippen LogP contribution is -2.12. The molecule has 0 N–H and O–H groups in total. The van der Waals surface area contributed by atoms with E-state index in [1.807, 2.05) is 61.5 Å². The summed E-state index contributed by atoms with van der Waals surface area (Å²) in [5.74, 6) is 2.85. The average molecular weight is 309 g/mol. The number of rotatable bonds is 4. The molecule has 0 amide bonds. The molecule has 23 heavy (non-hydrogen) atoms. The first-order valence-electron chi connectivity index (χ1n) is 7.30. The first kappa shape index (κ1) is 15.1. The van der Waals surface area contributed by atoms with Gasteiger partial charge in [0.25, 0.3) is 0 Å². The second-order valence-corrected chi connectivity index (χ2v) is 5.36. The molecule has 3 rings (SSSR count). The second kappa shape index (κ2) is 6.12. The van der Waals surface area contributed by atoms with Crippen molar-refractivity contribution in [3.63, 3.8) is 0 Å². The van der Waals surface area contributed by atoms with Crippen molar-refractivity contribution in [2.75, 3.05) is 33.2 Å². The molecule has 1 heterocycles. The topological polar surface area (TPSA) is 47.5 Å². The van der Waals surface area contributed by atoms with Crippen molar-refractivity contribution in [3.05, 3.63) is 42.5 Å². The van der Waals surface area contributed by atoms with E-state index in [0.717, 1.165) is 22.3 Å². The zero-order valence-corrected chi connectivity index (χ0v) is 13.7. The van der Waals surface area contributed by atoms with Gasteiger partial charge in [-0.25, -0.2) is 9.97 Å². The van der Waals surface area contributed by atoms with Crippen molar-refractivity contribution >= 4 is 16.7 Å². The Hall–Kier alpha value is -2.82. The predicted molar refractivity (Wildman–Crippen MR) is 92.4 cm³/mol. The van der Waals surface area contributed by atoms with Crippen LogP contribution < -0.4 is 14.4 Å². The van der Waals surface area contributed by atoms with E-state index in [1.54, 1.807) is 14.2 Å². The van der Waals surface area contributed by atoms with Crippen molar-refractivity contribution < 1.29 is 9.47 Å². The molecule has 0 spiro atoms. The number of benzene rings is 2. The average Bonchev–Trinajstić information content (AvgIpc) is 2.60. The number of fused-ring (bicyclic) bond motifs is 1. The van der Waals surface area contributed by atoms with Gasteiger partial charge in [-0.3, -0.25) is 0 Å². The zero-order valence-electron chi connectivity index (χ0n) is 13.7. The third kappa shape index (κ3) is 2.77. The van der Waals surface area contributed by atoms with Crippen LogP contribution in [0.5, 0.6) is 11.5 Å². The third-order valence-electron chi connectivity index (χ3n) is 3.64. The van der Waals surface area contributed by atoms with Crippen LogP contribution in [0.3, 0.4) is 0 Å². The summed E-state index contributed by atoms with van der Waals surface area (Å²) in [6, 6.07) is 13.7. The molecule has 5 nitrogen and oxygen atoms in total. The number of hydrogen-bond donors (Lipinski definition) is 0. The van der Waals surface area contributed by atoms with Gasteiger partial charge in [0, 0.05) is 31.1 Å². The van der Waals surface area contributed by atoms with Gasteiger partial charge in [0.05, 0.1) is 19.7 Å². The van der Waals surface area contributed by atoms with Crippen molar-refractivity contribution in [1.82, 2.24) is 9.97 Å². The van der Waals surface area contributed by atoms with Gasteiger partial charge in [0.1, 0.15) is 5.82 Å². The van der Waals surface area contributed by atoms with Crippen molar-refractivity contribution in [2.45, 2.75) is 0 Å². The fourth-order valence-corrected chi connectivity index (χ4v) is 2.50. The molecule has 0 aliphatic rings. The van der Waals surface area contributed by atoms with Gasteiger partial charge in [-0.15, -0.1) is 0 Å². The van der Waals surface area contributed by atoms with Crippen molar-refractivity contribution in [2.24, 2.45) is 0 Å². The summed E-state index contributed by atoms with van der Waals surface area (Å²) in [5.41, 5.74) is 1.80. The Bertz CT molecular complexity index is 833. The van der Waals surface area contributed by atoms with E-state index in [4.69, 9.17) is 19.4 Å². The number of methoxy groups -OCH3 is 2. The molecule has 3 aromatic rings. The summed E-state index contributed by atoms with van der Waals surface area (Å²) >= 11 is 0.